The standard InChI is InChI=1S/C18H12F4N6OS/c19-13-3-1-12(2-4-13)16-24-14(27-29-16)9-30-17-26-25-15(11-5-7-23-8-6-11)28(17)10-18(20,21)22/h1-8H,9-10H2. The van der Waals surface area contributed by atoms with Crippen LogP contribution in [-0.2, 0) is 12.3 Å². The van der Waals surface area contributed by atoms with Gasteiger partial charge in [0.1, 0.15) is 12.4 Å². The van der Waals surface area contributed by atoms with Crippen LogP contribution in [0.25, 0.3) is 22.8 Å². The van der Waals surface area contributed by atoms with E-state index in [0.717, 1.165) is 16.3 Å². The van der Waals surface area contributed by atoms with Crippen molar-refractivity contribution in [3.63, 3.8) is 0 Å². The third-order valence-electron chi connectivity index (χ3n) is 3.88. The fraction of sp³-hybridized carbons (Fsp3) is 0.167. The summed E-state index contributed by atoms with van der Waals surface area (Å²) in [5, 5.41) is 11.7. The highest BCUT2D eigenvalue weighted by atomic mass is 32.2. The normalized spacial score (nSPS) is 11.7. The van der Waals surface area contributed by atoms with Gasteiger partial charge in [-0.15, -0.1) is 10.2 Å². The molecule has 7 nitrogen and oxygen atoms in total. The Morgan fingerprint density at radius 2 is 1.70 bits per heavy atom. The number of halogens is 4. The minimum absolute atomic E-state index is 0.0623. The van der Waals surface area contributed by atoms with Crippen molar-refractivity contribution >= 4 is 11.8 Å². The van der Waals surface area contributed by atoms with Crippen LogP contribution in [0.3, 0.4) is 0 Å². The number of alkyl halides is 3. The molecule has 30 heavy (non-hydrogen) atoms. The van der Waals surface area contributed by atoms with Gasteiger partial charge in [0.2, 0.25) is 0 Å². The largest absolute Gasteiger partial charge is 0.406 e. The first kappa shape index (κ1) is 20.0. The van der Waals surface area contributed by atoms with E-state index in [-0.39, 0.29) is 28.4 Å². The summed E-state index contributed by atoms with van der Waals surface area (Å²) in [4.78, 5) is 8.04. The molecule has 154 valence electrons. The van der Waals surface area contributed by atoms with Crippen LogP contribution in [0.5, 0.6) is 0 Å². The van der Waals surface area contributed by atoms with Crippen LogP contribution in [0, 0.1) is 5.82 Å². The molecule has 0 saturated carbocycles. The average Bonchev–Trinajstić information content (AvgIpc) is 3.34. The first-order valence-corrected chi connectivity index (χ1v) is 9.49. The van der Waals surface area contributed by atoms with Crippen LogP contribution in [-0.4, -0.2) is 36.1 Å². The summed E-state index contributed by atoms with van der Waals surface area (Å²) in [6, 6.07) is 8.60. The van der Waals surface area contributed by atoms with Crippen molar-refractivity contribution in [3.8, 4) is 22.8 Å². The van der Waals surface area contributed by atoms with Crippen LogP contribution >= 0.6 is 11.8 Å². The first-order valence-electron chi connectivity index (χ1n) is 8.51. The summed E-state index contributed by atoms with van der Waals surface area (Å²) < 4.78 is 58.5. The highest BCUT2D eigenvalue weighted by Gasteiger charge is 2.31. The van der Waals surface area contributed by atoms with Crippen LogP contribution in [0.15, 0.2) is 58.5 Å². The lowest BCUT2D eigenvalue weighted by Crippen LogP contribution is -2.19. The molecule has 4 aromatic rings. The maximum absolute atomic E-state index is 13.1. The molecule has 0 N–H and O–H groups in total. The molecule has 0 saturated heterocycles. The van der Waals surface area contributed by atoms with E-state index in [0.29, 0.717) is 11.1 Å². The Kier molecular flexibility index (Phi) is 5.48. The fourth-order valence-electron chi connectivity index (χ4n) is 2.58. The Morgan fingerprint density at radius 3 is 2.40 bits per heavy atom. The van der Waals surface area contributed by atoms with Crippen molar-refractivity contribution in [1.29, 1.82) is 0 Å². The lowest BCUT2D eigenvalue weighted by molar-refractivity contribution is -0.141. The molecule has 0 radical (unpaired) electrons. The fourth-order valence-corrected chi connectivity index (χ4v) is 3.36. The molecule has 4 rings (SSSR count). The molecule has 0 fully saturated rings. The molecular formula is C18H12F4N6OS. The summed E-state index contributed by atoms with van der Waals surface area (Å²) in [6.45, 7) is -1.24. The van der Waals surface area contributed by atoms with Crippen LogP contribution < -0.4 is 0 Å². The van der Waals surface area contributed by atoms with E-state index in [4.69, 9.17) is 4.52 Å². The van der Waals surface area contributed by atoms with Crippen molar-refractivity contribution in [2.24, 2.45) is 0 Å². The zero-order valence-corrected chi connectivity index (χ0v) is 15.9. The summed E-state index contributed by atoms with van der Waals surface area (Å²) in [5.74, 6) is 0.225. The molecule has 3 aromatic heterocycles. The Labute approximate surface area is 171 Å². The summed E-state index contributed by atoms with van der Waals surface area (Å²) in [5.41, 5.74) is 0.993. The number of nitrogens with zero attached hydrogens (tertiary/aromatic N) is 6. The van der Waals surface area contributed by atoms with E-state index in [9.17, 15) is 17.6 Å². The van der Waals surface area contributed by atoms with E-state index in [1.807, 2.05) is 0 Å². The van der Waals surface area contributed by atoms with Crippen molar-refractivity contribution in [3.05, 3.63) is 60.4 Å². The zero-order valence-electron chi connectivity index (χ0n) is 15.0. The molecule has 0 aliphatic heterocycles. The molecule has 0 aliphatic rings. The van der Waals surface area contributed by atoms with E-state index >= 15 is 0 Å². The maximum atomic E-state index is 13.1. The van der Waals surface area contributed by atoms with Gasteiger partial charge in [0.05, 0.1) is 5.75 Å². The van der Waals surface area contributed by atoms with Crippen LogP contribution in [0.4, 0.5) is 17.6 Å². The Balaban J connectivity index is 1.55. The summed E-state index contributed by atoms with van der Waals surface area (Å²) in [6.07, 6.45) is -1.53. The highest BCUT2D eigenvalue weighted by molar-refractivity contribution is 7.98. The molecule has 1 aromatic carbocycles. The van der Waals surface area contributed by atoms with Crippen molar-refractivity contribution in [2.45, 2.75) is 23.6 Å². The molecule has 12 heteroatoms. The number of pyridine rings is 1. The van der Waals surface area contributed by atoms with Crippen LogP contribution in [0.2, 0.25) is 0 Å². The second kappa shape index (κ2) is 8.22. The summed E-state index contributed by atoms with van der Waals surface area (Å²) in [7, 11) is 0. The van der Waals surface area contributed by atoms with Crippen molar-refractivity contribution < 1.29 is 22.1 Å². The lowest BCUT2D eigenvalue weighted by atomic mass is 10.2. The van der Waals surface area contributed by atoms with Crippen molar-refractivity contribution in [1.82, 2.24) is 29.9 Å². The third-order valence-corrected chi connectivity index (χ3v) is 4.85. The Morgan fingerprint density at radius 1 is 0.967 bits per heavy atom. The molecular weight excluding hydrogens is 424 g/mol. The quantitative estimate of drug-likeness (QED) is 0.328. The van der Waals surface area contributed by atoms with Gasteiger partial charge in [-0.05, 0) is 36.4 Å². The van der Waals surface area contributed by atoms with Gasteiger partial charge in [-0.3, -0.25) is 9.55 Å². The predicted molar refractivity (Wildman–Crippen MR) is 98.6 cm³/mol. The van der Waals surface area contributed by atoms with Gasteiger partial charge in [0.15, 0.2) is 16.8 Å². The minimum Gasteiger partial charge on any atom is -0.334 e. The second-order valence-corrected chi connectivity index (χ2v) is 7.00. The molecule has 0 spiro atoms. The molecule has 0 aliphatic carbocycles. The molecule has 0 amide bonds. The van der Waals surface area contributed by atoms with Gasteiger partial charge in [0, 0.05) is 23.5 Å². The number of benzene rings is 1. The number of hydrogen-bond donors (Lipinski definition) is 0. The number of thioether (sulfide) groups is 1. The Hall–Kier alpha value is -3.28. The molecule has 3 heterocycles. The average molecular weight is 436 g/mol. The molecule has 0 bridgehead atoms. The van der Waals surface area contributed by atoms with Gasteiger partial charge >= 0.3 is 6.18 Å². The topological polar surface area (TPSA) is 82.5 Å². The number of rotatable bonds is 6. The van der Waals surface area contributed by atoms with Gasteiger partial charge < -0.3 is 4.52 Å². The predicted octanol–water partition coefficient (Wildman–Crippen LogP) is 4.38. The first-order chi connectivity index (χ1) is 14.4. The van der Waals surface area contributed by atoms with Crippen molar-refractivity contribution in [2.75, 3.05) is 0 Å². The smallest absolute Gasteiger partial charge is 0.334 e. The SMILES string of the molecule is Fc1ccc(-c2nc(CSc3nnc(-c4ccncc4)n3CC(F)(F)F)no2)cc1. The van der Waals surface area contributed by atoms with E-state index in [1.165, 1.54) is 36.7 Å². The minimum atomic E-state index is -4.46. The lowest BCUT2D eigenvalue weighted by Gasteiger charge is -2.12. The maximum Gasteiger partial charge on any atom is 0.406 e. The third kappa shape index (κ3) is 4.64. The highest BCUT2D eigenvalue weighted by Crippen LogP contribution is 2.29. The van der Waals surface area contributed by atoms with Crippen LogP contribution in [0.1, 0.15) is 5.82 Å². The van der Waals surface area contributed by atoms with E-state index < -0.39 is 18.5 Å². The van der Waals surface area contributed by atoms with Gasteiger partial charge in [-0.2, -0.15) is 18.2 Å². The molecule has 0 unspecified atom stereocenters. The zero-order chi connectivity index (χ0) is 21.1. The monoisotopic (exact) mass is 436 g/mol. The van der Waals surface area contributed by atoms with Gasteiger partial charge in [0.25, 0.3) is 5.89 Å². The number of aromatic nitrogens is 6. The van der Waals surface area contributed by atoms with Gasteiger partial charge in [-0.1, -0.05) is 16.9 Å². The second-order valence-electron chi connectivity index (χ2n) is 6.05. The summed E-state index contributed by atoms with van der Waals surface area (Å²) >= 11 is 0.996. The van der Waals surface area contributed by atoms with E-state index in [2.05, 4.69) is 25.3 Å². The van der Waals surface area contributed by atoms with Gasteiger partial charge in [-0.25, -0.2) is 4.39 Å². The Bertz CT molecular complexity index is 1130. The van der Waals surface area contributed by atoms with E-state index in [1.54, 1.807) is 12.1 Å². The number of hydrogen-bond acceptors (Lipinski definition) is 7. The molecule has 0 atom stereocenters.